The van der Waals surface area contributed by atoms with Crippen LogP contribution in [0.3, 0.4) is 0 Å². The number of halogens is 1. The Morgan fingerprint density at radius 1 is 1.22 bits per heavy atom. The fourth-order valence-corrected chi connectivity index (χ4v) is 2.20. The summed E-state index contributed by atoms with van der Waals surface area (Å²) in [6.07, 6.45) is 1.41. The lowest BCUT2D eigenvalue weighted by molar-refractivity contribution is 0.415. The van der Waals surface area contributed by atoms with Crippen LogP contribution in [-0.4, -0.2) is 28.2 Å². The summed E-state index contributed by atoms with van der Waals surface area (Å²) in [6.45, 7) is 0. The molecule has 0 saturated heterocycles. The summed E-state index contributed by atoms with van der Waals surface area (Å²) >= 11 is 5.18. The van der Waals surface area contributed by atoms with Gasteiger partial charge in [0, 0.05) is 11.1 Å². The van der Waals surface area contributed by atoms with E-state index in [0.29, 0.717) is 16.2 Å². The van der Waals surface area contributed by atoms with Gasteiger partial charge in [-0.1, -0.05) is 18.2 Å². The number of nitrogens with zero attached hydrogens (tertiary/aromatic N) is 3. The van der Waals surface area contributed by atoms with E-state index in [4.69, 9.17) is 17.0 Å². The highest BCUT2D eigenvalue weighted by atomic mass is 32.1. The second kappa shape index (κ2) is 6.53. The Balaban J connectivity index is 1.99. The highest BCUT2D eigenvalue weighted by molar-refractivity contribution is 7.71. The summed E-state index contributed by atoms with van der Waals surface area (Å²) in [6, 6.07) is 13.7. The van der Waals surface area contributed by atoms with E-state index in [2.05, 4.69) is 15.3 Å². The lowest BCUT2D eigenvalue weighted by Gasteiger charge is -2.03. The van der Waals surface area contributed by atoms with Gasteiger partial charge in [-0.3, -0.25) is 0 Å². The van der Waals surface area contributed by atoms with Gasteiger partial charge in [0.1, 0.15) is 11.6 Å². The Labute approximate surface area is 137 Å². The fraction of sp³-hybridized carbons (Fsp3) is 0.0625. The number of rotatable bonds is 4. The minimum atomic E-state index is -0.350. The molecule has 0 saturated carbocycles. The molecule has 116 valence electrons. The molecule has 0 atom stereocenters. The topological polar surface area (TPSA) is 55.2 Å². The molecule has 2 aromatic carbocycles. The van der Waals surface area contributed by atoms with Gasteiger partial charge >= 0.3 is 0 Å². The van der Waals surface area contributed by atoms with Crippen molar-refractivity contribution in [2.75, 3.05) is 7.11 Å². The number of benzene rings is 2. The number of methoxy groups -OCH3 is 1. The van der Waals surface area contributed by atoms with Crippen LogP contribution in [0, 0.1) is 10.6 Å². The predicted molar refractivity (Wildman–Crippen MR) is 88.8 cm³/mol. The van der Waals surface area contributed by atoms with Crippen LogP contribution in [0.4, 0.5) is 4.39 Å². The number of aromatic nitrogens is 3. The Bertz CT molecular complexity index is 899. The van der Waals surface area contributed by atoms with Crippen molar-refractivity contribution in [1.29, 1.82) is 0 Å². The normalized spacial score (nSPS) is 11.0. The maximum absolute atomic E-state index is 13.7. The zero-order valence-corrected chi connectivity index (χ0v) is 13.0. The lowest BCUT2D eigenvalue weighted by Crippen LogP contribution is -1.96. The first-order valence-corrected chi connectivity index (χ1v) is 7.20. The van der Waals surface area contributed by atoms with Crippen molar-refractivity contribution < 1.29 is 9.13 Å². The van der Waals surface area contributed by atoms with Crippen LogP contribution in [0.15, 0.2) is 53.6 Å². The van der Waals surface area contributed by atoms with E-state index in [1.54, 1.807) is 25.3 Å². The van der Waals surface area contributed by atoms with Gasteiger partial charge < -0.3 is 4.74 Å². The number of H-pyrrole nitrogens is 1. The standard InChI is InChI=1S/C16H13FN4OS/c1-22-13-8-6-11(7-9-13)15-19-20-16(23)21(15)18-10-12-4-2-3-5-14(12)17/h2-10H,1H3,(H,20,23). The minimum Gasteiger partial charge on any atom is -0.497 e. The van der Waals surface area contributed by atoms with Crippen LogP contribution in [0.5, 0.6) is 5.75 Å². The van der Waals surface area contributed by atoms with Crippen LogP contribution in [0.2, 0.25) is 0 Å². The van der Waals surface area contributed by atoms with Crippen LogP contribution in [0.1, 0.15) is 5.56 Å². The number of ether oxygens (including phenoxy) is 1. The van der Waals surface area contributed by atoms with Gasteiger partial charge in [-0.25, -0.2) is 9.49 Å². The highest BCUT2D eigenvalue weighted by Crippen LogP contribution is 2.20. The van der Waals surface area contributed by atoms with Crippen molar-refractivity contribution in [1.82, 2.24) is 14.9 Å². The number of hydrogen-bond acceptors (Lipinski definition) is 4. The Hall–Kier alpha value is -2.80. The van der Waals surface area contributed by atoms with Crippen molar-refractivity contribution in [2.45, 2.75) is 0 Å². The van der Waals surface area contributed by atoms with Crippen molar-refractivity contribution in [2.24, 2.45) is 5.10 Å². The van der Waals surface area contributed by atoms with E-state index in [0.717, 1.165) is 11.3 Å². The Kier molecular flexibility index (Phi) is 4.29. The van der Waals surface area contributed by atoms with Crippen LogP contribution < -0.4 is 4.74 Å². The summed E-state index contributed by atoms with van der Waals surface area (Å²) in [5.74, 6) is 0.923. The molecule has 0 radical (unpaired) electrons. The van der Waals surface area contributed by atoms with E-state index >= 15 is 0 Å². The van der Waals surface area contributed by atoms with E-state index in [9.17, 15) is 4.39 Å². The molecule has 0 aliphatic carbocycles. The zero-order valence-electron chi connectivity index (χ0n) is 12.2. The number of aromatic amines is 1. The molecule has 3 aromatic rings. The van der Waals surface area contributed by atoms with Gasteiger partial charge in [-0.2, -0.15) is 14.9 Å². The third-order valence-corrected chi connectivity index (χ3v) is 3.48. The van der Waals surface area contributed by atoms with Crippen LogP contribution in [-0.2, 0) is 0 Å². The summed E-state index contributed by atoms with van der Waals surface area (Å²) in [5, 5.41) is 11.1. The molecule has 0 amide bonds. The first kappa shape index (κ1) is 15.1. The van der Waals surface area contributed by atoms with Crippen molar-refractivity contribution in [3.8, 4) is 17.1 Å². The smallest absolute Gasteiger partial charge is 0.216 e. The molecule has 23 heavy (non-hydrogen) atoms. The second-order valence-electron chi connectivity index (χ2n) is 4.66. The molecule has 0 aliphatic rings. The van der Waals surface area contributed by atoms with Crippen LogP contribution >= 0.6 is 12.2 Å². The molecule has 1 N–H and O–H groups in total. The largest absolute Gasteiger partial charge is 0.497 e. The average Bonchev–Trinajstić information content (AvgIpc) is 2.95. The van der Waals surface area contributed by atoms with Gasteiger partial charge in [0.15, 0.2) is 5.82 Å². The summed E-state index contributed by atoms with van der Waals surface area (Å²) < 4.78 is 20.6. The van der Waals surface area contributed by atoms with E-state index in [1.807, 2.05) is 24.3 Å². The predicted octanol–water partition coefficient (Wildman–Crippen LogP) is 3.64. The molecule has 7 heteroatoms. The molecule has 5 nitrogen and oxygen atoms in total. The number of nitrogens with one attached hydrogen (secondary N) is 1. The average molecular weight is 328 g/mol. The first-order chi connectivity index (χ1) is 11.2. The van der Waals surface area contributed by atoms with Crippen molar-refractivity contribution >= 4 is 18.4 Å². The highest BCUT2D eigenvalue weighted by Gasteiger charge is 2.08. The molecule has 1 heterocycles. The van der Waals surface area contributed by atoms with Crippen molar-refractivity contribution in [3.63, 3.8) is 0 Å². The fourth-order valence-electron chi connectivity index (χ4n) is 2.03. The Morgan fingerprint density at radius 2 is 1.96 bits per heavy atom. The Morgan fingerprint density at radius 3 is 2.65 bits per heavy atom. The van der Waals surface area contributed by atoms with Gasteiger partial charge in [0.25, 0.3) is 0 Å². The molecule has 0 unspecified atom stereocenters. The zero-order chi connectivity index (χ0) is 16.2. The van der Waals surface area contributed by atoms with E-state index in [-0.39, 0.29) is 5.82 Å². The van der Waals surface area contributed by atoms with Crippen molar-refractivity contribution in [3.05, 3.63) is 64.7 Å². The molecule has 1 aromatic heterocycles. The van der Waals surface area contributed by atoms with Gasteiger partial charge in [0.2, 0.25) is 4.77 Å². The maximum atomic E-state index is 13.7. The molecule has 0 bridgehead atoms. The third kappa shape index (κ3) is 3.19. The van der Waals surface area contributed by atoms with Gasteiger partial charge in [-0.15, -0.1) is 0 Å². The van der Waals surface area contributed by atoms with Gasteiger partial charge in [0.05, 0.1) is 13.3 Å². The van der Waals surface area contributed by atoms with E-state index < -0.39 is 0 Å². The molecular formula is C16H13FN4OS. The molecule has 3 rings (SSSR count). The molecule has 0 aliphatic heterocycles. The van der Waals surface area contributed by atoms with Crippen LogP contribution in [0.25, 0.3) is 11.4 Å². The molecule has 0 fully saturated rings. The van der Waals surface area contributed by atoms with Gasteiger partial charge in [-0.05, 0) is 42.5 Å². The summed E-state index contributed by atoms with van der Waals surface area (Å²) in [4.78, 5) is 0. The lowest BCUT2D eigenvalue weighted by atomic mass is 10.2. The SMILES string of the molecule is COc1ccc(-c2n[nH]c(=S)n2N=Cc2ccccc2F)cc1. The monoisotopic (exact) mass is 328 g/mol. The third-order valence-electron chi connectivity index (χ3n) is 3.22. The molecular weight excluding hydrogens is 315 g/mol. The maximum Gasteiger partial charge on any atom is 0.216 e. The quantitative estimate of drug-likeness (QED) is 0.588. The molecule has 0 spiro atoms. The minimum absolute atomic E-state index is 0.323. The second-order valence-corrected chi connectivity index (χ2v) is 5.05. The summed E-state index contributed by atoms with van der Waals surface area (Å²) in [5.41, 5.74) is 1.18. The number of hydrogen-bond donors (Lipinski definition) is 1. The summed E-state index contributed by atoms with van der Waals surface area (Å²) in [7, 11) is 1.60. The first-order valence-electron chi connectivity index (χ1n) is 6.80. The van der Waals surface area contributed by atoms with E-state index in [1.165, 1.54) is 17.0 Å².